The first-order chi connectivity index (χ1) is 21.5. The molecule has 246 valence electrons. The molecule has 3 saturated carbocycles. The fourth-order valence-corrected chi connectivity index (χ4v) is 10.1. The number of carbonyl (C=O) groups is 2. The zero-order valence-corrected chi connectivity index (χ0v) is 28.2. The Kier molecular flexibility index (Phi) is 10.5. The number of nitrogens with zero attached hydrogens (tertiary/aromatic N) is 3. The molecule has 0 aromatic heterocycles. The lowest BCUT2D eigenvalue weighted by Crippen LogP contribution is -2.51. The summed E-state index contributed by atoms with van der Waals surface area (Å²) in [6.45, 7) is 13.0. The normalized spacial score (nSPS) is 32.7. The molecule has 0 aliphatic heterocycles. The molecule has 1 aromatic carbocycles. The van der Waals surface area contributed by atoms with Gasteiger partial charge in [-0.1, -0.05) is 82.8 Å². The van der Waals surface area contributed by atoms with E-state index in [1.807, 2.05) is 0 Å². The van der Waals surface area contributed by atoms with Crippen molar-refractivity contribution < 1.29 is 14.3 Å². The zero-order chi connectivity index (χ0) is 32.2. The summed E-state index contributed by atoms with van der Waals surface area (Å²) in [5, 5.41) is 9.11. The van der Waals surface area contributed by atoms with E-state index in [-0.39, 0.29) is 24.0 Å². The van der Waals surface area contributed by atoms with Crippen LogP contribution in [0, 0.1) is 46.3 Å². The third-order valence-corrected chi connectivity index (χ3v) is 12.5. The Labute approximate surface area is 270 Å². The summed E-state index contributed by atoms with van der Waals surface area (Å²) in [6, 6.07) is 6.39. The number of benzene rings is 1. The number of amides is 2. The van der Waals surface area contributed by atoms with E-state index in [2.05, 4.69) is 61.4 Å². The molecule has 0 unspecified atom stereocenters. The maximum atomic E-state index is 12.6. The van der Waals surface area contributed by atoms with E-state index in [4.69, 9.17) is 10.3 Å². The minimum absolute atomic E-state index is 0.0959. The molecule has 2 N–H and O–H groups in total. The molecule has 0 spiro atoms. The molecule has 0 heterocycles. The molecule has 5 rings (SSSR count). The van der Waals surface area contributed by atoms with E-state index < -0.39 is 6.09 Å². The van der Waals surface area contributed by atoms with Crippen LogP contribution in [0.4, 0.5) is 10.5 Å². The first-order valence-electron chi connectivity index (χ1n) is 17.6. The van der Waals surface area contributed by atoms with Crippen molar-refractivity contribution in [3.8, 4) is 0 Å². The third-order valence-electron chi connectivity index (χ3n) is 12.5. The molecule has 4 aliphatic rings. The largest absolute Gasteiger partial charge is 0.446 e. The average Bonchev–Trinajstić information content (AvgIpc) is 3.37. The number of allylic oxidation sites excluding steroid dienone is 1. The quantitative estimate of drug-likeness (QED) is 0.0846. The van der Waals surface area contributed by atoms with Crippen LogP contribution in [0.15, 0.2) is 41.0 Å². The lowest BCUT2D eigenvalue weighted by molar-refractivity contribution is -0.0581. The minimum Gasteiger partial charge on any atom is -0.446 e. The topological polar surface area (TPSA) is 116 Å². The number of alkyl carbamates (subject to hydrolysis) is 1. The Bertz CT molecular complexity index is 1290. The van der Waals surface area contributed by atoms with Gasteiger partial charge in [0, 0.05) is 35.7 Å². The second kappa shape index (κ2) is 14.2. The molecule has 0 radical (unpaired) electrons. The van der Waals surface area contributed by atoms with Gasteiger partial charge in [0.1, 0.15) is 6.10 Å². The van der Waals surface area contributed by atoms with Crippen molar-refractivity contribution in [1.29, 1.82) is 0 Å². The predicted molar refractivity (Wildman–Crippen MR) is 179 cm³/mol. The van der Waals surface area contributed by atoms with Crippen LogP contribution in [-0.2, 0) is 4.74 Å². The fourth-order valence-electron chi connectivity index (χ4n) is 10.1. The Morgan fingerprint density at radius 2 is 1.76 bits per heavy atom. The van der Waals surface area contributed by atoms with Crippen molar-refractivity contribution in [2.24, 2.45) is 51.5 Å². The summed E-state index contributed by atoms with van der Waals surface area (Å²) in [6.07, 6.45) is 15.7. The van der Waals surface area contributed by atoms with E-state index in [0.717, 1.165) is 54.8 Å². The number of fused-ring (bicyclic) bond motifs is 5. The highest BCUT2D eigenvalue weighted by Gasteiger charge is 2.59. The Morgan fingerprint density at radius 1 is 1.00 bits per heavy atom. The molecule has 8 heteroatoms. The van der Waals surface area contributed by atoms with Gasteiger partial charge in [-0.2, -0.15) is 0 Å². The lowest BCUT2D eigenvalue weighted by atomic mass is 9.47. The van der Waals surface area contributed by atoms with E-state index in [1.165, 1.54) is 56.9 Å². The molecular formula is C37H55N5O3. The highest BCUT2D eigenvalue weighted by atomic mass is 16.6. The van der Waals surface area contributed by atoms with Crippen molar-refractivity contribution in [2.45, 2.75) is 111 Å². The first kappa shape index (κ1) is 33.4. The zero-order valence-electron chi connectivity index (χ0n) is 28.2. The maximum absolute atomic E-state index is 12.6. The molecule has 4 aliphatic carbocycles. The highest BCUT2D eigenvalue weighted by Crippen LogP contribution is 2.67. The monoisotopic (exact) mass is 617 g/mol. The molecule has 45 heavy (non-hydrogen) atoms. The third kappa shape index (κ3) is 7.21. The second-order valence-electron chi connectivity index (χ2n) is 15.5. The molecule has 0 saturated heterocycles. The smallest absolute Gasteiger partial charge is 0.407 e. The van der Waals surface area contributed by atoms with Gasteiger partial charge in [-0.15, -0.1) is 0 Å². The van der Waals surface area contributed by atoms with Gasteiger partial charge < -0.3 is 15.4 Å². The Balaban J connectivity index is 1.09. The van der Waals surface area contributed by atoms with Gasteiger partial charge >= 0.3 is 6.09 Å². The predicted octanol–water partition coefficient (Wildman–Crippen LogP) is 9.49. The average molecular weight is 618 g/mol. The van der Waals surface area contributed by atoms with Crippen LogP contribution in [0.25, 0.3) is 10.4 Å². The molecule has 1 aromatic rings. The van der Waals surface area contributed by atoms with Crippen molar-refractivity contribution >= 4 is 17.7 Å². The van der Waals surface area contributed by atoms with Crippen molar-refractivity contribution in [3.05, 3.63) is 51.9 Å². The first-order valence-corrected chi connectivity index (χ1v) is 17.6. The van der Waals surface area contributed by atoms with Gasteiger partial charge in [0.2, 0.25) is 0 Å². The van der Waals surface area contributed by atoms with E-state index in [9.17, 15) is 9.59 Å². The van der Waals surface area contributed by atoms with Gasteiger partial charge in [0.25, 0.3) is 5.91 Å². The minimum atomic E-state index is -0.418. The number of carbonyl (C=O) groups excluding carboxylic acids is 2. The second-order valence-corrected chi connectivity index (χ2v) is 15.5. The molecule has 8 nitrogen and oxygen atoms in total. The van der Waals surface area contributed by atoms with E-state index >= 15 is 0 Å². The van der Waals surface area contributed by atoms with Gasteiger partial charge in [0.05, 0.1) is 0 Å². The van der Waals surface area contributed by atoms with Gasteiger partial charge in [-0.05, 0) is 109 Å². The summed E-state index contributed by atoms with van der Waals surface area (Å²) in [5.41, 5.74) is 11.7. The highest BCUT2D eigenvalue weighted by molar-refractivity contribution is 5.94. The lowest BCUT2D eigenvalue weighted by Gasteiger charge is -2.58. The number of azide groups is 1. The van der Waals surface area contributed by atoms with Crippen LogP contribution in [0.3, 0.4) is 0 Å². The number of hydrogen-bond acceptors (Lipinski definition) is 4. The Hall–Kier alpha value is -2.99. The number of nitrogens with one attached hydrogen (secondary N) is 2. The standard InChI is InChI=1S/C37H55N5O3/c1-24(2)7-6-8-25(3)31-15-16-32-30-14-11-27-23-29(17-19-36(27,4)33(30)18-20-37(31,32)5)45-35(44)40-22-21-39-34(43)26-9-12-28(13-10-26)41-42-38/h9-13,24-25,29-33H,6-8,14-23H2,1-5H3,(H,39,43)(H,40,44)/t25-,29+,30+,31-,32+,33+,36+,37-/m1/s1. The van der Waals surface area contributed by atoms with Crippen LogP contribution < -0.4 is 10.6 Å². The van der Waals surface area contributed by atoms with Crippen molar-refractivity contribution in [2.75, 3.05) is 13.1 Å². The maximum Gasteiger partial charge on any atom is 0.407 e. The van der Waals surface area contributed by atoms with Gasteiger partial charge in [-0.3, -0.25) is 4.79 Å². The summed E-state index contributed by atoms with van der Waals surface area (Å²) in [5.74, 6) is 4.66. The van der Waals surface area contributed by atoms with Crippen LogP contribution in [-0.4, -0.2) is 31.2 Å². The summed E-state index contributed by atoms with van der Waals surface area (Å²) >= 11 is 0. The number of rotatable bonds is 11. The number of ether oxygens (including phenoxy) is 1. The van der Waals surface area contributed by atoms with E-state index in [0.29, 0.717) is 23.2 Å². The summed E-state index contributed by atoms with van der Waals surface area (Å²) < 4.78 is 5.88. The molecule has 8 atom stereocenters. The Morgan fingerprint density at radius 3 is 2.49 bits per heavy atom. The molecule has 0 bridgehead atoms. The summed E-state index contributed by atoms with van der Waals surface area (Å²) in [4.78, 5) is 27.7. The van der Waals surface area contributed by atoms with E-state index in [1.54, 1.807) is 24.3 Å². The number of hydrogen-bond donors (Lipinski definition) is 2. The van der Waals surface area contributed by atoms with Gasteiger partial charge in [0.15, 0.2) is 0 Å². The van der Waals surface area contributed by atoms with Crippen LogP contribution in [0.1, 0.15) is 116 Å². The van der Waals surface area contributed by atoms with Crippen LogP contribution in [0.2, 0.25) is 0 Å². The fraction of sp³-hybridized carbons (Fsp3) is 0.730. The van der Waals surface area contributed by atoms with Crippen LogP contribution >= 0.6 is 0 Å². The molecule has 3 fully saturated rings. The SMILES string of the molecule is CC(C)CCC[C@@H](C)[C@H]1CC[C@H]2[C@@H]3CC=C4C[C@@H](OC(=O)NCCNC(=O)c5ccc(N=[N+]=[N-])cc5)CC[C@]4(C)[C@H]3CC[C@]12C. The van der Waals surface area contributed by atoms with Crippen LogP contribution in [0.5, 0.6) is 0 Å². The molecular weight excluding hydrogens is 562 g/mol. The van der Waals surface area contributed by atoms with Crippen molar-refractivity contribution in [3.63, 3.8) is 0 Å². The van der Waals surface area contributed by atoms with Crippen molar-refractivity contribution in [1.82, 2.24) is 10.6 Å². The summed E-state index contributed by atoms with van der Waals surface area (Å²) in [7, 11) is 0. The van der Waals surface area contributed by atoms with Gasteiger partial charge in [-0.25, -0.2) is 4.79 Å². The molecule has 2 amide bonds.